The second-order valence-corrected chi connectivity index (χ2v) is 1.89. The molecule has 0 aliphatic rings. The SMILES string of the molecule is O=C(O)C(Br)=CCO. The van der Waals surface area contributed by atoms with Gasteiger partial charge in [0.2, 0.25) is 0 Å². The summed E-state index contributed by atoms with van der Waals surface area (Å²) in [5, 5.41) is 16.2. The molecule has 0 heterocycles. The largest absolute Gasteiger partial charge is 0.477 e. The van der Waals surface area contributed by atoms with E-state index in [2.05, 4.69) is 15.9 Å². The Bertz CT molecular complexity index is 118. The van der Waals surface area contributed by atoms with Crippen molar-refractivity contribution in [3.05, 3.63) is 10.6 Å². The number of hydrogen-bond acceptors (Lipinski definition) is 2. The molecule has 0 amide bonds. The molecule has 0 aromatic heterocycles. The van der Waals surface area contributed by atoms with Crippen LogP contribution in [0.2, 0.25) is 0 Å². The number of carboxylic acid groups (broad SMARTS) is 1. The van der Waals surface area contributed by atoms with Crippen LogP contribution in [-0.2, 0) is 4.79 Å². The Balaban J connectivity index is 3.80. The summed E-state index contributed by atoms with van der Waals surface area (Å²) in [6.07, 6.45) is 1.16. The monoisotopic (exact) mass is 180 g/mol. The van der Waals surface area contributed by atoms with Crippen LogP contribution in [-0.4, -0.2) is 22.8 Å². The fraction of sp³-hybridized carbons (Fsp3) is 0.250. The van der Waals surface area contributed by atoms with Crippen LogP contribution in [0.15, 0.2) is 10.6 Å². The number of rotatable bonds is 2. The van der Waals surface area contributed by atoms with Gasteiger partial charge in [-0.3, -0.25) is 0 Å². The predicted molar refractivity (Wildman–Crippen MR) is 31.7 cm³/mol. The van der Waals surface area contributed by atoms with Crippen molar-refractivity contribution in [2.45, 2.75) is 0 Å². The van der Waals surface area contributed by atoms with E-state index in [1.54, 1.807) is 0 Å². The van der Waals surface area contributed by atoms with Crippen molar-refractivity contribution in [2.24, 2.45) is 0 Å². The van der Waals surface area contributed by atoms with Crippen molar-refractivity contribution in [3.63, 3.8) is 0 Å². The summed E-state index contributed by atoms with van der Waals surface area (Å²) in [6.45, 7) is -0.257. The lowest BCUT2D eigenvalue weighted by Gasteiger charge is -1.84. The first kappa shape index (κ1) is 7.65. The first-order valence-corrected chi connectivity index (χ1v) is 2.67. The van der Waals surface area contributed by atoms with Crippen molar-refractivity contribution < 1.29 is 15.0 Å². The highest BCUT2D eigenvalue weighted by Crippen LogP contribution is 2.02. The second-order valence-electron chi connectivity index (χ2n) is 1.04. The summed E-state index contributed by atoms with van der Waals surface area (Å²) in [5.41, 5.74) is 0. The maximum Gasteiger partial charge on any atom is 0.342 e. The van der Waals surface area contributed by atoms with Gasteiger partial charge in [-0.1, -0.05) is 0 Å². The van der Waals surface area contributed by atoms with Gasteiger partial charge >= 0.3 is 5.97 Å². The molecule has 0 spiro atoms. The summed E-state index contributed by atoms with van der Waals surface area (Å²) in [4.78, 5) is 9.86. The highest BCUT2D eigenvalue weighted by Gasteiger charge is 1.98. The number of halogens is 1. The highest BCUT2D eigenvalue weighted by molar-refractivity contribution is 9.12. The van der Waals surface area contributed by atoms with E-state index in [0.29, 0.717) is 0 Å². The summed E-state index contributed by atoms with van der Waals surface area (Å²) < 4.78 is -0.0139. The molecular formula is C4H5BrO3. The first-order chi connectivity index (χ1) is 3.68. The van der Waals surface area contributed by atoms with E-state index in [1.807, 2.05) is 0 Å². The Labute approximate surface area is 54.8 Å². The second kappa shape index (κ2) is 3.63. The average molecular weight is 181 g/mol. The molecule has 0 saturated heterocycles. The minimum atomic E-state index is -1.07. The molecule has 4 heteroatoms. The number of aliphatic carboxylic acids is 1. The topological polar surface area (TPSA) is 57.5 Å². The van der Waals surface area contributed by atoms with E-state index < -0.39 is 5.97 Å². The van der Waals surface area contributed by atoms with Crippen LogP contribution in [0, 0.1) is 0 Å². The quantitative estimate of drug-likeness (QED) is 0.604. The van der Waals surface area contributed by atoms with Gasteiger partial charge in [-0.25, -0.2) is 4.79 Å². The van der Waals surface area contributed by atoms with Crippen molar-refractivity contribution in [3.8, 4) is 0 Å². The summed E-state index contributed by atoms with van der Waals surface area (Å²) in [6, 6.07) is 0. The van der Waals surface area contributed by atoms with E-state index in [0.717, 1.165) is 6.08 Å². The number of carboxylic acids is 1. The van der Waals surface area contributed by atoms with Crippen molar-refractivity contribution in [1.29, 1.82) is 0 Å². The number of hydrogen-bond donors (Lipinski definition) is 2. The minimum absolute atomic E-state index is 0.0139. The Morgan fingerprint density at radius 2 is 2.25 bits per heavy atom. The Kier molecular flexibility index (Phi) is 3.47. The molecule has 0 bridgehead atoms. The maximum atomic E-state index is 9.86. The molecule has 8 heavy (non-hydrogen) atoms. The third-order valence-electron chi connectivity index (χ3n) is 0.475. The van der Waals surface area contributed by atoms with Crippen LogP contribution in [0.25, 0.3) is 0 Å². The van der Waals surface area contributed by atoms with Gasteiger partial charge in [0.15, 0.2) is 0 Å². The lowest BCUT2D eigenvalue weighted by molar-refractivity contribution is -0.131. The van der Waals surface area contributed by atoms with Gasteiger partial charge in [0.1, 0.15) is 4.48 Å². The van der Waals surface area contributed by atoms with Gasteiger partial charge in [0, 0.05) is 0 Å². The first-order valence-electron chi connectivity index (χ1n) is 1.88. The maximum absolute atomic E-state index is 9.86. The van der Waals surface area contributed by atoms with Crippen LogP contribution >= 0.6 is 15.9 Å². The number of aliphatic hydroxyl groups excluding tert-OH is 1. The molecule has 0 aromatic carbocycles. The Morgan fingerprint density at radius 1 is 1.75 bits per heavy atom. The lowest BCUT2D eigenvalue weighted by Crippen LogP contribution is -1.93. The molecule has 0 fully saturated rings. The molecule has 0 radical (unpaired) electrons. The van der Waals surface area contributed by atoms with E-state index in [9.17, 15) is 4.79 Å². The van der Waals surface area contributed by atoms with Crippen LogP contribution in [0.5, 0.6) is 0 Å². The van der Waals surface area contributed by atoms with Crippen molar-refractivity contribution in [2.75, 3.05) is 6.61 Å². The average Bonchev–Trinajstić information content (AvgIpc) is 1.67. The molecule has 2 N–H and O–H groups in total. The molecule has 3 nitrogen and oxygen atoms in total. The molecule has 0 unspecified atom stereocenters. The van der Waals surface area contributed by atoms with Crippen LogP contribution < -0.4 is 0 Å². The van der Waals surface area contributed by atoms with Crippen LogP contribution in [0.4, 0.5) is 0 Å². The van der Waals surface area contributed by atoms with E-state index in [4.69, 9.17) is 10.2 Å². The van der Waals surface area contributed by atoms with Crippen LogP contribution in [0.1, 0.15) is 0 Å². The molecule has 0 atom stereocenters. The van der Waals surface area contributed by atoms with Crippen molar-refractivity contribution in [1.82, 2.24) is 0 Å². The van der Waals surface area contributed by atoms with Gasteiger partial charge in [0.05, 0.1) is 6.61 Å². The highest BCUT2D eigenvalue weighted by atomic mass is 79.9. The molecule has 0 aromatic rings. The standard InChI is InChI=1S/C4H5BrO3/c5-3(1-2-6)4(7)8/h1,6H,2H2,(H,7,8). The Morgan fingerprint density at radius 3 is 2.38 bits per heavy atom. The summed E-state index contributed by atoms with van der Waals surface area (Å²) >= 11 is 2.70. The zero-order valence-electron chi connectivity index (χ0n) is 3.97. The lowest BCUT2D eigenvalue weighted by atomic mass is 10.5. The molecule has 0 rings (SSSR count). The minimum Gasteiger partial charge on any atom is -0.477 e. The van der Waals surface area contributed by atoms with E-state index in [1.165, 1.54) is 0 Å². The number of aliphatic hydroxyl groups is 1. The predicted octanol–water partition coefficient (Wildman–Crippen LogP) is 0.342. The number of carbonyl (C=O) groups is 1. The third-order valence-corrected chi connectivity index (χ3v) is 1.14. The van der Waals surface area contributed by atoms with Gasteiger partial charge in [-0.05, 0) is 22.0 Å². The Hall–Kier alpha value is -0.350. The molecule has 46 valence electrons. The summed E-state index contributed by atoms with van der Waals surface area (Å²) in [7, 11) is 0. The molecular weight excluding hydrogens is 176 g/mol. The van der Waals surface area contributed by atoms with Gasteiger partial charge in [-0.15, -0.1) is 0 Å². The van der Waals surface area contributed by atoms with Gasteiger partial charge in [0.25, 0.3) is 0 Å². The fourth-order valence-corrected chi connectivity index (χ4v) is 0.312. The molecule has 0 aliphatic heterocycles. The van der Waals surface area contributed by atoms with Crippen LogP contribution in [0.3, 0.4) is 0 Å². The zero-order valence-corrected chi connectivity index (χ0v) is 5.55. The van der Waals surface area contributed by atoms with Gasteiger partial charge in [-0.2, -0.15) is 0 Å². The molecule has 0 aliphatic carbocycles. The zero-order chi connectivity index (χ0) is 6.57. The van der Waals surface area contributed by atoms with E-state index in [-0.39, 0.29) is 11.1 Å². The third kappa shape index (κ3) is 2.76. The smallest absolute Gasteiger partial charge is 0.342 e. The summed E-state index contributed by atoms with van der Waals surface area (Å²) in [5.74, 6) is -1.07. The van der Waals surface area contributed by atoms with Crippen molar-refractivity contribution >= 4 is 21.9 Å². The van der Waals surface area contributed by atoms with E-state index >= 15 is 0 Å². The molecule has 0 saturated carbocycles. The normalized spacial score (nSPS) is 11.5. The fourth-order valence-electron chi connectivity index (χ4n) is 0.167. The van der Waals surface area contributed by atoms with Gasteiger partial charge < -0.3 is 10.2 Å².